The van der Waals surface area contributed by atoms with Crippen LogP contribution in [0.4, 0.5) is 14.5 Å². The number of nitrogens with one attached hydrogen (secondary N) is 1. The van der Waals surface area contributed by atoms with Crippen LogP contribution >= 0.6 is 0 Å². The van der Waals surface area contributed by atoms with Crippen molar-refractivity contribution in [1.82, 2.24) is 4.90 Å². The van der Waals surface area contributed by atoms with Crippen LogP contribution < -0.4 is 5.32 Å². The van der Waals surface area contributed by atoms with Gasteiger partial charge >= 0.3 is 0 Å². The molecule has 0 aliphatic carbocycles. The van der Waals surface area contributed by atoms with E-state index in [0.717, 1.165) is 18.2 Å². The summed E-state index contributed by atoms with van der Waals surface area (Å²) in [6.07, 6.45) is 0.242. The number of benzene rings is 1. The molecule has 1 saturated heterocycles. The van der Waals surface area contributed by atoms with E-state index in [2.05, 4.69) is 5.32 Å². The first-order valence-electron chi connectivity index (χ1n) is 5.69. The molecule has 1 unspecified atom stereocenters. The first-order valence-corrected chi connectivity index (χ1v) is 5.69. The second kappa shape index (κ2) is 5.41. The summed E-state index contributed by atoms with van der Waals surface area (Å²) in [4.78, 5) is 13.4. The molecule has 0 saturated carbocycles. The minimum absolute atomic E-state index is 0.0947. The van der Waals surface area contributed by atoms with Gasteiger partial charge in [-0.25, -0.2) is 8.78 Å². The summed E-state index contributed by atoms with van der Waals surface area (Å²) in [6, 6.07) is 2.85. The lowest BCUT2D eigenvalue weighted by Crippen LogP contribution is -2.32. The van der Waals surface area contributed by atoms with Crippen LogP contribution in [0, 0.1) is 11.6 Å². The maximum absolute atomic E-state index is 12.9. The quantitative estimate of drug-likeness (QED) is 0.847. The highest BCUT2D eigenvalue weighted by molar-refractivity contribution is 5.92. The van der Waals surface area contributed by atoms with Gasteiger partial charge in [-0.1, -0.05) is 0 Å². The van der Waals surface area contributed by atoms with Crippen molar-refractivity contribution >= 4 is 11.6 Å². The summed E-state index contributed by atoms with van der Waals surface area (Å²) in [6.45, 7) is 1.20. The van der Waals surface area contributed by atoms with E-state index >= 15 is 0 Å². The number of hydrogen-bond donors (Lipinski definition) is 2. The van der Waals surface area contributed by atoms with Crippen molar-refractivity contribution in [2.24, 2.45) is 0 Å². The van der Waals surface area contributed by atoms with Gasteiger partial charge in [0.15, 0.2) is 0 Å². The summed E-state index contributed by atoms with van der Waals surface area (Å²) < 4.78 is 25.8. The number of likely N-dealkylation sites (tertiary alicyclic amines) is 1. The number of β-amino-alcohol motifs (C(OH)–C–C–N with tert-alkyl or cyclic N) is 1. The molecule has 1 aliphatic heterocycles. The lowest BCUT2D eigenvalue weighted by Gasteiger charge is -2.14. The molecule has 0 aromatic heterocycles. The Hall–Kier alpha value is -1.53. The van der Waals surface area contributed by atoms with Crippen molar-refractivity contribution in [2.75, 3.05) is 25.0 Å². The third-order valence-electron chi connectivity index (χ3n) is 2.76. The number of aliphatic hydroxyl groups is 1. The molecule has 2 rings (SSSR count). The van der Waals surface area contributed by atoms with Gasteiger partial charge in [-0.3, -0.25) is 9.69 Å². The van der Waals surface area contributed by atoms with Crippen molar-refractivity contribution in [2.45, 2.75) is 12.5 Å². The molecule has 18 heavy (non-hydrogen) atoms. The fraction of sp³-hybridized carbons (Fsp3) is 0.417. The number of nitrogens with zero attached hydrogens (tertiary/aromatic N) is 1. The Bertz CT molecular complexity index is 433. The van der Waals surface area contributed by atoms with E-state index in [1.807, 2.05) is 0 Å². The van der Waals surface area contributed by atoms with Crippen LogP contribution in [-0.2, 0) is 4.79 Å². The number of carbonyl (C=O) groups excluding carboxylic acids is 1. The topological polar surface area (TPSA) is 52.6 Å². The molecule has 1 fully saturated rings. The van der Waals surface area contributed by atoms with Crippen LogP contribution in [0.25, 0.3) is 0 Å². The second-order valence-electron chi connectivity index (χ2n) is 4.38. The molecule has 1 aromatic carbocycles. The summed E-state index contributed by atoms with van der Waals surface area (Å²) in [5.74, 6) is -1.82. The van der Waals surface area contributed by atoms with Crippen molar-refractivity contribution in [3.63, 3.8) is 0 Å². The number of rotatable bonds is 3. The third-order valence-corrected chi connectivity index (χ3v) is 2.76. The lowest BCUT2D eigenvalue weighted by atomic mass is 10.3. The molecule has 1 atom stereocenters. The smallest absolute Gasteiger partial charge is 0.238 e. The molecule has 1 aliphatic rings. The highest BCUT2D eigenvalue weighted by atomic mass is 19.1. The highest BCUT2D eigenvalue weighted by Crippen LogP contribution is 2.13. The predicted octanol–water partition coefficient (Wildman–Crippen LogP) is 0.970. The fourth-order valence-corrected chi connectivity index (χ4v) is 1.99. The normalized spacial score (nSPS) is 20.1. The number of halogens is 2. The molecule has 0 spiro atoms. The average molecular weight is 256 g/mol. The number of hydrogen-bond acceptors (Lipinski definition) is 3. The fourth-order valence-electron chi connectivity index (χ4n) is 1.99. The summed E-state index contributed by atoms with van der Waals surface area (Å²) in [5.41, 5.74) is 0.0947. The van der Waals surface area contributed by atoms with Crippen LogP contribution in [0.2, 0.25) is 0 Å². The monoisotopic (exact) mass is 256 g/mol. The van der Waals surface area contributed by atoms with Crippen LogP contribution in [-0.4, -0.2) is 41.7 Å². The van der Waals surface area contributed by atoms with Gasteiger partial charge < -0.3 is 10.4 Å². The highest BCUT2D eigenvalue weighted by Gasteiger charge is 2.21. The van der Waals surface area contributed by atoms with E-state index in [4.69, 9.17) is 0 Å². The number of aliphatic hydroxyl groups excluding tert-OH is 1. The van der Waals surface area contributed by atoms with Crippen LogP contribution in [0.15, 0.2) is 18.2 Å². The first-order chi connectivity index (χ1) is 8.52. The maximum Gasteiger partial charge on any atom is 0.238 e. The van der Waals surface area contributed by atoms with Crippen molar-refractivity contribution in [3.05, 3.63) is 29.8 Å². The summed E-state index contributed by atoms with van der Waals surface area (Å²) >= 11 is 0. The van der Waals surface area contributed by atoms with Gasteiger partial charge in [0, 0.05) is 24.8 Å². The van der Waals surface area contributed by atoms with E-state index < -0.39 is 17.7 Å². The molecule has 1 aromatic rings. The Morgan fingerprint density at radius 2 is 2.06 bits per heavy atom. The molecule has 0 bridgehead atoms. The van der Waals surface area contributed by atoms with Gasteiger partial charge in [-0.2, -0.15) is 0 Å². The van der Waals surface area contributed by atoms with Crippen molar-refractivity contribution in [3.8, 4) is 0 Å². The second-order valence-corrected chi connectivity index (χ2v) is 4.38. The van der Waals surface area contributed by atoms with Crippen LogP contribution in [0.5, 0.6) is 0 Å². The zero-order valence-electron chi connectivity index (χ0n) is 9.70. The van der Waals surface area contributed by atoms with Crippen molar-refractivity contribution in [1.29, 1.82) is 0 Å². The molecule has 1 heterocycles. The average Bonchev–Trinajstić information content (AvgIpc) is 2.61. The van der Waals surface area contributed by atoms with Gasteiger partial charge in [0.2, 0.25) is 5.91 Å². The Balaban J connectivity index is 1.90. The largest absolute Gasteiger partial charge is 0.392 e. The van der Waals surface area contributed by atoms with Gasteiger partial charge in [-0.05, 0) is 18.6 Å². The molecule has 98 valence electrons. The van der Waals surface area contributed by atoms with E-state index in [9.17, 15) is 18.7 Å². The standard InChI is InChI=1S/C12H14F2N2O2/c13-8-3-9(14)5-10(4-8)15-12(18)7-16-2-1-11(17)6-16/h3-5,11,17H,1-2,6-7H2,(H,15,18). The maximum atomic E-state index is 12.9. The Labute approximate surface area is 103 Å². The zero-order chi connectivity index (χ0) is 13.1. The van der Waals surface area contributed by atoms with E-state index in [0.29, 0.717) is 19.5 Å². The van der Waals surface area contributed by atoms with E-state index in [1.165, 1.54) is 0 Å². The molecule has 4 nitrogen and oxygen atoms in total. The van der Waals surface area contributed by atoms with Crippen LogP contribution in [0.3, 0.4) is 0 Å². The molecular formula is C12H14F2N2O2. The van der Waals surface area contributed by atoms with Gasteiger partial charge in [0.25, 0.3) is 0 Å². The molecule has 2 N–H and O–H groups in total. The molecule has 0 radical (unpaired) electrons. The van der Waals surface area contributed by atoms with Gasteiger partial charge in [-0.15, -0.1) is 0 Å². The Morgan fingerprint density at radius 1 is 1.39 bits per heavy atom. The number of anilines is 1. The molecule has 1 amide bonds. The SMILES string of the molecule is O=C(CN1CCC(O)C1)Nc1cc(F)cc(F)c1. The van der Waals surface area contributed by atoms with Crippen molar-refractivity contribution < 1.29 is 18.7 Å². The number of carbonyl (C=O) groups is 1. The van der Waals surface area contributed by atoms with Crippen LogP contribution in [0.1, 0.15) is 6.42 Å². The Morgan fingerprint density at radius 3 is 2.61 bits per heavy atom. The van der Waals surface area contributed by atoms with Gasteiger partial charge in [0.05, 0.1) is 12.6 Å². The summed E-state index contributed by atoms with van der Waals surface area (Å²) in [5, 5.41) is 11.7. The molecule has 6 heteroatoms. The minimum atomic E-state index is -0.734. The third kappa shape index (κ3) is 3.48. The summed E-state index contributed by atoms with van der Waals surface area (Å²) in [7, 11) is 0. The minimum Gasteiger partial charge on any atom is -0.392 e. The van der Waals surface area contributed by atoms with E-state index in [1.54, 1.807) is 4.90 Å². The molecular weight excluding hydrogens is 242 g/mol. The Kier molecular flexibility index (Phi) is 3.88. The van der Waals surface area contributed by atoms with Gasteiger partial charge in [0.1, 0.15) is 11.6 Å². The first kappa shape index (κ1) is 12.9. The van der Waals surface area contributed by atoms with E-state index in [-0.39, 0.29) is 18.1 Å². The predicted molar refractivity (Wildman–Crippen MR) is 62.1 cm³/mol. The zero-order valence-corrected chi connectivity index (χ0v) is 9.70. The number of amides is 1. The lowest BCUT2D eigenvalue weighted by molar-refractivity contribution is -0.117.